The third-order valence-corrected chi connectivity index (χ3v) is 7.60. The van der Waals surface area contributed by atoms with Crippen molar-refractivity contribution in [3.8, 4) is 17.1 Å². The van der Waals surface area contributed by atoms with Gasteiger partial charge in [-0.2, -0.15) is 5.10 Å². The van der Waals surface area contributed by atoms with E-state index < -0.39 is 41.2 Å². The number of amides is 4. The Morgan fingerprint density at radius 2 is 1.92 bits per heavy atom. The fourth-order valence-corrected chi connectivity index (χ4v) is 6.12. The number of fused-ring (bicyclic) bond motifs is 5. The Kier molecular flexibility index (Phi) is 4.88. The first-order valence-corrected chi connectivity index (χ1v) is 12.3. The molecule has 3 aromatic heterocycles. The van der Waals surface area contributed by atoms with E-state index in [-0.39, 0.29) is 36.2 Å². The summed E-state index contributed by atoms with van der Waals surface area (Å²) >= 11 is 0. The summed E-state index contributed by atoms with van der Waals surface area (Å²) in [5.41, 5.74) is 0.0324. The van der Waals surface area contributed by atoms with Crippen LogP contribution in [0, 0.1) is 11.2 Å². The molecule has 0 unspecified atom stereocenters. The van der Waals surface area contributed by atoms with Crippen molar-refractivity contribution in [3.05, 3.63) is 48.4 Å². The quantitative estimate of drug-likeness (QED) is 0.363. The van der Waals surface area contributed by atoms with Crippen LogP contribution in [0.2, 0.25) is 0 Å². The van der Waals surface area contributed by atoms with Crippen molar-refractivity contribution >= 4 is 34.5 Å². The van der Waals surface area contributed by atoms with Crippen LogP contribution in [0.25, 0.3) is 28.0 Å². The number of urea groups is 1. The lowest BCUT2D eigenvalue weighted by molar-refractivity contribution is -0.153. The molecule has 0 bridgehead atoms. The van der Waals surface area contributed by atoms with Gasteiger partial charge in [-0.15, -0.1) is 0 Å². The number of rotatable bonds is 2. The molecule has 13 nitrogen and oxygen atoms in total. The fraction of sp³-hybridized carbons (Fsp3) is 0.320. The second kappa shape index (κ2) is 8.14. The number of imide groups is 2. The van der Waals surface area contributed by atoms with Crippen molar-refractivity contribution in [1.29, 1.82) is 0 Å². The lowest BCUT2D eigenvalue weighted by Crippen LogP contribution is -2.75. The molecular weight excluding hydrogens is 511 g/mol. The first kappa shape index (κ1) is 23.4. The third-order valence-electron chi connectivity index (χ3n) is 7.60. The number of morpholine rings is 1. The summed E-state index contributed by atoms with van der Waals surface area (Å²) in [4.78, 5) is 48.7. The Labute approximate surface area is 219 Å². The van der Waals surface area contributed by atoms with Crippen LogP contribution in [-0.2, 0) is 20.7 Å². The second-order valence-corrected chi connectivity index (χ2v) is 9.98. The molecular formula is C25H21FN8O5. The average Bonchev–Trinajstić information content (AvgIpc) is 3.55. The molecule has 3 aliphatic heterocycles. The summed E-state index contributed by atoms with van der Waals surface area (Å²) in [6, 6.07) is -0.112. The Balaban J connectivity index is 1.40. The minimum Gasteiger partial charge on any atom is -0.372 e. The van der Waals surface area contributed by atoms with E-state index in [2.05, 4.69) is 30.9 Å². The largest absolute Gasteiger partial charge is 0.372 e. The average molecular weight is 532 g/mol. The van der Waals surface area contributed by atoms with Crippen LogP contribution in [-0.4, -0.2) is 67.5 Å². The van der Waals surface area contributed by atoms with Crippen molar-refractivity contribution < 1.29 is 28.0 Å². The molecule has 198 valence electrons. The minimum atomic E-state index is -1.73. The molecule has 3 atom stereocenters. The van der Waals surface area contributed by atoms with Crippen molar-refractivity contribution in [2.45, 2.75) is 38.5 Å². The Morgan fingerprint density at radius 1 is 1.13 bits per heavy atom. The highest BCUT2D eigenvalue weighted by Gasteiger charge is 2.63. The zero-order valence-electron chi connectivity index (χ0n) is 20.7. The Morgan fingerprint density at radius 3 is 2.67 bits per heavy atom. The van der Waals surface area contributed by atoms with E-state index in [0.29, 0.717) is 22.2 Å². The molecule has 7 rings (SSSR count). The van der Waals surface area contributed by atoms with E-state index in [1.165, 1.54) is 4.68 Å². The smallest absolute Gasteiger partial charge is 0.328 e. The van der Waals surface area contributed by atoms with Gasteiger partial charge in [-0.25, -0.2) is 13.9 Å². The Hall–Kier alpha value is -4.72. The standard InChI is InChI=1S/C25H21FN8O5/c1-11-9-33-18-13(6-25(20(33)12(2)38-11)22(35)30-24(37)31-23(25)36)5-15-19(17(18)26)39-32-21(15)34-10-14(7-29-34)16-8-27-3-4-28-16/h3-5,7-8,10-12,20H,6,9H2,1-2H3,(H2,30,31,35,36,37)/t11-,12+,20-/m0/s1. The number of aromatic nitrogens is 5. The summed E-state index contributed by atoms with van der Waals surface area (Å²) in [7, 11) is 0. The molecule has 2 N–H and O–H groups in total. The van der Waals surface area contributed by atoms with Crippen molar-refractivity contribution in [1.82, 2.24) is 35.5 Å². The molecule has 3 aliphatic rings. The predicted octanol–water partition coefficient (Wildman–Crippen LogP) is 1.50. The number of carbonyl (C=O) groups is 3. The highest BCUT2D eigenvalue weighted by atomic mass is 19.1. The maximum atomic E-state index is 16.3. The molecule has 0 saturated carbocycles. The molecule has 1 aromatic carbocycles. The van der Waals surface area contributed by atoms with Gasteiger partial charge >= 0.3 is 6.03 Å². The topological polar surface area (TPSA) is 157 Å². The van der Waals surface area contributed by atoms with Gasteiger partial charge in [0.2, 0.25) is 23.2 Å². The number of nitrogens with one attached hydrogen (secondary N) is 2. The van der Waals surface area contributed by atoms with Crippen LogP contribution in [0.15, 0.2) is 41.6 Å². The predicted molar refractivity (Wildman–Crippen MR) is 131 cm³/mol. The molecule has 14 heteroatoms. The molecule has 0 aliphatic carbocycles. The zero-order valence-corrected chi connectivity index (χ0v) is 20.7. The number of barbiturate groups is 1. The van der Waals surface area contributed by atoms with E-state index in [0.717, 1.165) is 0 Å². The highest BCUT2D eigenvalue weighted by Crippen LogP contribution is 2.49. The second-order valence-electron chi connectivity index (χ2n) is 9.98. The monoisotopic (exact) mass is 532 g/mol. The lowest BCUT2D eigenvalue weighted by Gasteiger charge is -2.55. The van der Waals surface area contributed by atoms with Crippen molar-refractivity contribution in [2.75, 3.05) is 11.4 Å². The van der Waals surface area contributed by atoms with E-state index >= 15 is 4.39 Å². The van der Waals surface area contributed by atoms with Gasteiger partial charge in [0.15, 0.2) is 11.2 Å². The number of benzene rings is 1. The van der Waals surface area contributed by atoms with Gasteiger partial charge in [-0.3, -0.25) is 30.2 Å². The summed E-state index contributed by atoms with van der Waals surface area (Å²) in [5.74, 6) is -1.96. The molecule has 4 amide bonds. The molecule has 2 saturated heterocycles. The summed E-state index contributed by atoms with van der Waals surface area (Å²) in [6.45, 7) is 3.77. The maximum absolute atomic E-state index is 16.3. The van der Waals surface area contributed by atoms with Gasteiger partial charge in [-0.05, 0) is 25.5 Å². The maximum Gasteiger partial charge on any atom is 0.328 e. The summed E-state index contributed by atoms with van der Waals surface area (Å²) in [5, 5.41) is 13.2. The molecule has 0 radical (unpaired) electrons. The molecule has 4 aromatic rings. The number of ether oxygens (including phenoxy) is 1. The number of nitrogens with zero attached hydrogens (tertiary/aromatic N) is 6. The van der Waals surface area contributed by atoms with E-state index in [1.807, 2.05) is 6.92 Å². The molecule has 1 spiro atoms. The van der Waals surface area contributed by atoms with Crippen LogP contribution >= 0.6 is 0 Å². The minimum absolute atomic E-state index is 0.0884. The first-order valence-electron chi connectivity index (χ1n) is 12.3. The van der Waals surface area contributed by atoms with Gasteiger partial charge in [0.05, 0.1) is 47.4 Å². The molecule has 2 fully saturated rings. The van der Waals surface area contributed by atoms with Gasteiger partial charge in [0.25, 0.3) is 0 Å². The molecule has 39 heavy (non-hydrogen) atoms. The summed E-state index contributed by atoms with van der Waals surface area (Å²) in [6.07, 6.45) is 6.82. The van der Waals surface area contributed by atoms with Crippen LogP contribution in [0.3, 0.4) is 0 Å². The van der Waals surface area contributed by atoms with Gasteiger partial charge in [0, 0.05) is 37.1 Å². The van der Waals surface area contributed by atoms with E-state index in [1.54, 1.807) is 48.9 Å². The van der Waals surface area contributed by atoms with Crippen LogP contribution in [0.5, 0.6) is 0 Å². The fourth-order valence-electron chi connectivity index (χ4n) is 6.12. The number of hydrogen-bond acceptors (Lipinski definition) is 10. The van der Waals surface area contributed by atoms with Crippen LogP contribution in [0.4, 0.5) is 14.9 Å². The van der Waals surface area contributed by atoms with Crippen LogP contribution in [0.1, 0.15) is 19.4 Å². The van der Waals surface area contributed by atoms with E-state index in [9.17, 15) is 14.4 Å². The SMILES string of the molecule is C[C@H]1CN2c3c(cc4c(-n5cc(-c6cnccn6)cn5)noc4c3F)CC3(C(=O)NC(=O)NC3=O)[C@@H]2[C@@H](C)O1. The van der Waals surface area contributed by atoms with Crippen molar-refractivity contribution in [3.63, 3.8) is 0 Å². The number of anilines is 1. The zero-order chi connectivity index (χ0) is 27.1. The first-order chi connectivity index (χ1) is 18.8. The van der Waals surface area contributed by atoms with Crippen molar-refractivity contribution in [2.24, 2.45) is 5.41 Å². The van der Waals surface area contributed by atoms with E-state index in [4.69, 9.17) is 9.26 Å². The normalized spacial score (nSPS) is 23.9. The number of hydrogen-bond donors (Lipinski definition) is 2. The van der Waals surface area contributed by atoms with Gasteiger partial charge < -0.3 is 14.2 Å². The van der Waals surface area contributed by atoms with Gasteiger partial charge in [0.1, 0.15) is 0 Å². The third kappa shape index (κ3) is 3.24. The van der Waals surface area contributed by atoms with Gasteiger partial charge in [-0.1, -0.05) is 5.16 Å². The number of carbonyl (C=O) groups excluding carboxylic acids is 3. The summed E-state index contributed by atoms with van der Waals surface area (Å²) < 4.78 is 29.1. The van der Waals surface area contributed by atoms with Crippen LogP contribution < -0.4 is 15.5 Å². The highest BCUT2D eigenvalue weighted by molar-refractivity contribution is 6.20. The lowest BCUT2D eigenvalue weighted by atomic mass is 9.66. The molecule has 6 heterocycles. The number of halogens is 1. The Bertz CT molecular complexity index is 1660.